The van der Waals surface area contributed by atoms with Crippen LogP contribution in [0.2, 0.25) is 0 Å². The van der Waals surface area contributed by atoms with E-state index >= 15 is 0 Å². The zero-order valence-electron chi connectivity index (χ0n) is 19.2. The SMILES string of the molecule is CC(C)c1cccc(C(C)C)c1NC(=O)CC(=O)N1CCN(Cc2ccccc2)CC1. The number of nitrogens with zero attached hydrogens (tertiary/aromatic N) is 2. The van der Waals surface area contributed by atoms with Gasteiger partial charge in [-0.2, -0.15) is 0 Å². The first kappa shape index (κ1) is 23.0. The highest BCUT2D eigenvalue weighted by Crippen LogP contribution is 2.32. The highest BCUT2D eigenvalue weighted by atomic mass is 16.2. The van der Waals surface area contributed by atoms with Crippen molar-refractivity contribution in [3.63, 3.8) is 0 Å². The van der Waals surface area contributed by atoms with Gasteiger partial charge in [0.15, 0.2) is 0 Å². The molecule has 0 atom stereocenters. The molecule has 1 fully saturated rings. The number of para-hydroxylation sites is 1. The number of nitrogens with one attached hydrogen (secondary N) is 1. The summed E-state index contributed by atoms with van der Waals surface area (Å²) in [7, 11) is 0. The van der Waals surface area contributed by atoms with Crippen molar-refractivity contribution >= 4 is 17.5 Å². The molecule has 0 spiro atoms. The van der Waals surface area contributed by atoms with E-state index in [1.165, 1.54) is 5.56 Å². The Morgan fingerprint density at radius 1 is 0.839 bits per heavy atom. The Kier molecular flexibility index (Phi) is 7.85. The van der Waals surface area contributed by atoms with Gasteiger partial charge >= 0.3 is 0 Å². The lowest BCUT2D eigenvalue weighted by Gasteiger charge is -2.34. The molecule has 2 aromatic carbocycles. The summed E-state index contributed by atoms with van der Waals surface area (Å²) < 4.78 is 0. The van der Waals surface area contributed by atoms with Gasteiger partial charge in [-0.1, -0.05) is 76.2 Å². The molecule has 31 heavy (non-hydrogen) atoms. The molecule has 166 valence electrons. The van der Waals surface area contributed by atoms with E-state index < -0.39 is 0 Å². The van der Waals surface area contributed by atoms with Crippen molar-refractivity contribution < 1.29 is 9.59 Å². The van der Waals surface area contributed by atoms with Crippen LogP contribution in [-0.2, 0) is 16.1 Å². The molecule has 1 N–H and O–H groups in total. The van der Waals surface area contributed by atoms with Crippen LogP contribution in [0.4, 0.5) is 5.69 Å². The van der Waals surface area contributed by atoms with E-state index in [1.807, 2.05) is 17.0 Å². The molecule has 0 unspecified atom stereocenters. The molecule has 1 aliphatic rings. The van der Waals surface area contributed by atoms with Gasteiger partial charge in [0.25, 0.3) is 0 Å². The Morgan fingerprint density at radius 3 is 1.97 bits per heavy atom. The second-order valence-electron chi connectivity index (χ2n) is 8.99. The first-order valence-corrected chi connectivity index (χ1v) is 11.3. The lowest BCUT2D eigenvalue weighted by atomic mass is 9.92. The number of benzene rings is 2. The summed E-state index contributed by atoms with van der Waals surface area (Å²) >= 11 is 0. The topological polar surface area (TPSA) is 52.7 Å². The van der Waals surface area contributed by atoms with Crippen molar-refractivity contribution in [3.8, 4) is 0 Å². The quantitative estimate of drug-likeness (QED) is 0.665. The molecule has 0 radical (unpaired) electrons. The molecule has 1 saturated heterocycles. The van der Waals surface area contributed by atoms with Crippen molar-refractivity contribution in [2.75, 3.05) is 31.5 Å². The number of rotatable bonds is 7. The van der Waals surface area contributed by atoms with E-state index in [1.54, 1.807) is 0 Å². The normalized spacial score (nSPS) is 14.8. The maximum absolute atomic E-state index is 12.8. The summed E-state index contributed by atoms with van der Waals surface area (Å²) in [5.41, 5.74) is 4.38. The van der Waals surface area contributed by atoms with Crippen LogP contribution in [0.15, 0.2) is 48.5 Å². The molecule has 2 aromatic rings. The Labute approximate surface area is 186 Å². The molecule has 0 aromatic heterocycles. The van der Waals surface area contributed by atoms with Crippen LogP contribution in [0.5, 0.6) is 0 Å². The van der Waals surface area contributed by atoms with Crippen LogP contribution in [0, 0.1) is 0 Å². The fraction of sp³-hybridized carbons (Fsp3) is 0.462. The zero-order valence-corrected chi connectivity index (χ0v) is 19.2. The van der Waals surface area contributed by atoms with E-state index in [9.17, 15) is 9.59 Å². The van der Waals surface area contributed by atoms with Gasteiger partial charge in [0.2, 0.25) is 11.8 Å². The number of carbonyl (C=O) groups excluding carboxylic acids is 2. The van der Waals surface area contributed by atoms with Gasteiger partial charge in [-0.3, -0.25) is 14.5 Å². The van der Waals surface area contributed by atoms with E-state index in [0.29, 0.717) is 24.9 Å². The number of amides is 2. The molecule has 1 heterocycles. The second-order valence-corrected chi connectivity index (χ2v) is 8.99. The van der Waals surface area contributed by atoms with Crippen molar-refractivity contribution in [3.05, 3.63) is 65.2 Å². The minimum Gasteiger partial charge on any atom is -0.340 e. The molecule has 1 aliphatic heterocycles. The van der Waals surface area contributed by atoms with Gasteiger partial charge in [-0.15, -0.1) is 0 Å². The van der Waals surface area contributed by atoms with Crippen molar-refractivity contribution in [1.29, 1.82) is 0 Å². The maximum Gasteiger partial charge on any atom is 0.233 e. The van der Waals surface area contributed by atoms with Crippen LogP contribution < -0.4 is 5.32 Å². The van der Waals surface area contributed by atoms with Gasteiger partial charge in [0.05, 0.1) is 0 Å². The van der Waals surface area contributed by atoms with E-state index in [0.717, 1.165) is 36.4 Å². The largest absolute Gasteiger partial charge is 0.340 e. The monoisotopic (exact) mass is 421 g/mol. The van der Waals surface area contributed by atoms with Crippen LogP contribution >= 0.6 is 0 Å². The fourth-order valence-electron chi connectivity index (χ4n) is 4.13. The number of anilines is 1. The average molecular weight is 422 g/mol. The average Bonchev–Trinajstić information content (AvgIpc) is 2.74. The fourth-order valence-corrected chi connectivity index (χ4v) is 4.13. The molecular formula is C26H35N3O2. The lowest BCUT2D eigenvalue weighted by molar-refractivity contribution is -0.136. The molecule has 3 rings (SSSR count). The minimum atomic E-state index is -0.230. The molecule has 5 heteroatoms. The minimum absolute atomic E-state index is 0.0926. The molecule has 2 amide bonds. The van der Waals surface area contributed by atoms with E-state index in [4.69, 9.17) is 0 Å². The maximum atomic E-state index is 12.8. The standard InChI is InChI=1S/C26H35N3O2/c1-19(2)22-11-8-12-23(20(3)4)26(22)27-24(30)17-25(31)29-15-13-28(14-16-29)18-21-9-6-5-7-10-21/h5-12,19-20H,13-18H2,1-4H3,(H,27,30). The molecular weight excluding hydrogens is 386 g/mol. The van der Waals surface area contributed by atoms with Crippen molar-refractivity contribution in [1.82, 2.24) is 9.80 Å². The number of hydrogen-bond acceptors (Lipinski definition) is 3. The highest BCUT2D eigenvalue weighted by molar-refractivity contribution is 6.04. The van der Waals surface area contributed by atoms with Gasteiger partial charge in [0.1, 0.15) is 6.42 Å². The predicted octanol–water partition coefficient (Wildman–Crippen LogP) is 4.61. The zero-order chi connectivity index (χ0) is 22.4. The first-order valence-electron chi connectivity index (χ1n) is 11.3. The third-order valence-corrected chi connectivity index (χ3v) is 5.92. The number of piperazine rings is 1. The summed E-state index contributed by atoms with van der Waals surface area (Å²) in [6.07, 6.45) is -0.108. The molecule has 0 bridgehead atoms. The Bertz CT molecular complexity index is 859. The number of hydrogen-bond donors (Lipinski definition) is 1. The summed E-state index contributed by atoms with van der Waals surface area (Å²) in [4.78, 5) is 29.7. The lowest BCUT2D eigenvalue weighted by Crippen LogP contribution is -2.48. The summed E-state index contributed by atoms with van der Waals surface area (Å²) in [6.45, 7) is 12.4. The van der Waals surface area contributed by atoms with Crippen LogP contribution in [-0.4, -0.2) is 47.8 Å². The summed E-state index contributed by atoms with van der Waals surface area (Å²) in [5.74, 6) is 0.265. The Morgan fingerprint density at radius 2 is 1.42 bits per heavy atom. The van der Waals surface area contributed by atoms with Crippen LogP contribution in [0.25, 0.3) is 0 Å². The molecule has 5 nitrogen and oxygen atoms in total. The highest BCUT2D eigenvalue weighted by Gasteiger charge is 2.24. The third-order valence-electron chi connectivity index (χ3n) is 5.92. The van der Waals surface area contributed by atoms with Crippen molar-refractivity contribution in [2.24, 2.45) is 0 Å². The molecule has 0 saturated carbocycles. The van der Waals surface area contributed by atoms with Crippen LogP contribution in [0.3, 0.4) is 0 Å². The summed E-state index contributed by atoms with van der Waals surface area (Å²) in [5, 5.41) is 3.06. The Balaban J connectivity index is 1.55. The Hall–Kier alpha value is -2.66. The van der Waals surface area contributed by atoms with Gasteiger partial charge < -0.3 is 10.2 Å². The van der Waals surface area contributed by atoms with Crippen LogP contribution in [0.1, 0.15) is 62.6 Å². The van der Waals surface area contributed by atoms with E-state index in [-0.39, 0.29) is 18.2 Å². The third kappa shape index (κ3) is 6.17. The van der Waals surface area contributed by atoms with Gasteiger partial charge in [-0.25, -0.2) is 0 Å². The first-order chi connectivity index (χ1) is 14.8. The van der Waals surface area contributed by atoms with E-state index in [2.05, 4.69) is 74.3 Å². The molecule has 0 aliphatic carbocycles. The van der Waals surface area contributed by atoms with Gasteiger partial charge in [0, 0.05) is 38.4 Å². The second kappa shape index (κ2) is 10.6. The van der Waals surface area contributed by atoms with Crippen molar-refractivity contribution in [2.45, 2.75) is 52.5 Å². The predicted molar refractivity (Wildman–Crippen MR) is 126 cm³/mol. The van der Waals surface area contributed by atoms with Gasteiger partial charge in [-0.05, 0) is 28.5 Å². The smallest absolute Gasteiger partial charge is 0.233 e. The number of carbonyl (C=O) groups is 2. The summed E-state index contributed by atoms with van der Waals surface area (Å²) in [6, 6.07) is 16.5.